The van der Waals surface area contributed by atoms with E-state index in [2.05, 4.69) is 0 Å². The van der Waals surface area contributed by atoms with E-state index in [1.807, 2.05) is 73.7 Å². The molecule has 4 rings (SSSR count). The van der Waals surface area contributed by atoms with Crippen LogP contribution in [0.1, 0.15) is 40.1 Å². The van der Waals surface area contributed by atoms with Gasteiger partial charge in [0.2, 0.25) is 5.75 Å². The zero-order valence-corrected chi connectivity index (χ0v) is 21.2. The molecule has 0 fully saturated rings. The number of rotatable bonds is 12. The van der Waals surface area contributed by atoms with Crippen LogP contribution in [0.15, 0.2) is 91.0 Å². The lowest BCUT2D eigenvalue weighted by Gasteiger charge is -2.22. The third kappa shape index (κ3) is 6.61. The Kier molecular flexibility index (Phi) is 8.66. The summed E-state index contributed by atoms with van der Waals surface area (Å²) in [6, 6.07) is 28.5. The summed E-state index contributed by atoms with van der Waals surface area (Å²) in [6.45, 7) is 2.71. The zero-order valence-electron chi connectivity index (χ0n) is 21.2. The van der Waals surface area contributed by atoms with Crippen LogP contribution in [0.4, 0.5) is 0 Å². The Morgan fingerprint density at radius 3 is 1.97 bits per heavy atom. The Bertz CT molecular complexity index is 1280. The molecular weight excluding hydrogens is 468 g/mol. The molecule has 190 valence electrons. The Hall–Kier alpha value is -4.45. The molecule has 37 heavy (non-hydrogen) atoms. The molecule has 6 heteroatoms. The van der Waals surface area contributed by atoms with Gasteiger partial charge < -0.3 is 23.7 Å². The van der Waals surface area contributed by atoms with Crippen molar-refractivity contribution in [3.05, 3.63) is 113 Å². The lowest BCUT2D eigenvalue weighted by Crippen LogP contribution is -2.09. The van der Waals surface area contributed by atoms with Crippen LogP contribution in [0.3, 0.4) is 0 Å². The maximum Gasteiger partial charge on any atom is 0.204 e. The summed E-state index contributed by atoms with van der Waals surface area (Å²) in [5.74, 6) is 2.97. The minimum Gasteiger partial charge on any atom is -0.493 e. The van der Waals surface area contributed by atoms with Gasteiger partial charge in [0, 0.05) is 11.1 Å². The molecule has 4 aromatic carbocycles. The van der Waals surface area contributed by atoms with Gasteiger partial charge in [0.1, 0.15) is 37.1 Å². The number of benzene rings is 4. The molecule has 0 aliphatic heterocycles. The van der Waals surface area contributed by atoms with Gasteiger partial charge in [-0.3, -0.25) is 4.79 Å². The minimum absolute atomic E-state index is 0.291. The topological polar surface area (TPSA) is 63.2 Å². The van der Waals surface area contributed by atoms with Crippen LogP contribution in [-0.4, -0.2) is 20.5 Å². The molecule has 0 amide bonds. The molecule has 1 unspecified atom stereocenters. The molecule has 0 aromatic heterocycles. The Morgan fingerprint density at radius 1 is 0.703 bits per heavy atom. The van der Waals surface area contributed by atoms with E-state index in [4.69, 9.17) is 23.7 Å². The third-order valence-corrected chi connectivity index (χ3v) is 5.83. The third-order valence-electron chi connectivity index (χ3n) is 5.83. The van der Waals surface area contributed by atoms with Crippen LogP contribution in [0.5, 0.6) is 28.7 Å². The van der Waals surface area contributed by atoms with Gasteiger partial charge in [-0.2, -0.15) is 0 Å². The number of ether oxygens (including phenoxy) is 5. The van der Waals surface area contributed by atoms with Crippen LogP contribution < -0.4 is 23.7 Å². The molecule has 0 N–H and O–H groups in total. The normalized spacial score (nSPS) is 11.3. The van der Waals surface area contributed by atoms with Crippen molar-refractivity contribution in [1.29, 1.82) is 0 Å². The van der Waals surface area contributed by atoms with E-state index in [0.717, 1.165) is 28.7 Å². The van der Waals surface area contributed by atoms with E-state index in [0.29, 0.717) is 41.8 Å². The molecule has 4 aromatic rings. The molecule has 0 radical (unpaired) electrons. The van der Waals surface area contributed by atoms with Crippen molar-refractivity contribution in [3.63, 3.8) is 0 Å². The quantitative estimate of drug-likeness (QED) is 0.200. The Labute approximate surface area is 217 Å². The van der Waals surface area contributed by atoms with Gasteiger partial charge in [-0.1, -0.05) is 48.5 Å². The molecule has 0 saturated carbocycles. The van der Waals surface area contributed by atoms with Crippen molar-refractivity contribution in [3.8, 4) is 28.7 Å². The first-order valence-electron chi connectivity index (χ1n) is 12.0. The molecule has 0 aliphatic rings. The molecule has 0 heterocycles. The first kappa shape index (κ1) is 25.6. The van der Waals surface area contributed by atoms with E-state index in [9.17, 15) is 4.79 Å². The second-order valence-corrected chi connectivity index (χ2v) is 8.38. The van der Waals surface area contributed by atoms with E-state index >= 15 is 0 Å². The fraction of sp³-hybridized carbons (Fsp3) is 0.194. The summed E-state index contributed by atoms with van der Waals surface area (Å²) in [5, 5.41) is 0. The van der Waals surface area contributed by atoms with E-state index in [1.54, 1.807) is 38.5 Å². The highest BCUT2D eigenvalue weighted by Crippen LogP contribution is 2.42. The molecule has 6 nitrogen and oxygen atoms in total. The SMILES string of the molecule is COc1cc(COc2ccc(C=O)cc2)cc(OC)c1OC(C)c1ccccc1OCc1ccccc1. The maximum atomic E-state index is 10.9. The van der Waals surface area contributed by atoms with Crippen LogP contribution in [0, 0.1) is 0 Å². The average Bonchev–Trinajstić information content (AvgIpc) is 2.96. The first-order chi connectivity index (χ1) is 18.1. The highest BCUT2D eigenvalue weighted by molar-refractivity contribution is 5.74. The van der Waals surface area contributed by atoms with Crippen LogP contribution in [-0.2, 0) is 13.2 Å². The molecule has 0 aliphatic carbocycles. The van der Waals surface area contributed by atoms with Crippen molar-refractivity contribution in [2.75, 3.05) is 14.2 Å². The second-order valence-electron chi connectivity index (χ2n) is 8.38. The monoisotopic (exact) mass is 498 g/mol. The first-order valence-corrected chi connectivity index (χ1v) is 12.0. The molecule has 0 bridgehead atoms. The van der Waals surface area contributed by atoms with Crippen molar-refractivity contribution in [2.24, 2.45) is 0 Å². The predicted molar refractivity (Wildman–Crippen MR) is 142 cm³/mol. The number of hydrogen-bond acceptors (Lipinski definition) is 6. The van der Waals surface area contributed by atoms with Gasteiger partial charge in [-0.05, 0) is 60.5 Å². The molecule has 1 atom stereocenters. The van der Waals surface area contributed by atoms with Gasteiger partial charge in [0.05, 0.1) is 14.2 Å². The second kappa shape index (κ2) is 12.5. The summed E-state index contributed by atoms with van der Waals surface area (Å²) in [6.07, 6.45) is 0.459. The molecule has 0 saturated heterocycles. The van der Waals surface area contributed by atoms with Crippen LogP contribution in [0.25, 0.3) is 0 Å². The van der Waals surface area contributed by atoms with Gasteiger partial charge in [0.15, 0.2) is 11.5 Å². The Balaban J connectivity index is 1.50. The van der Waals surface area contributed by atoms with Crippen LogP contribution >= 0.6 is 0 Å². The Morgan fingerprint density at radius 2 is 1.32 bits per heavy atom. The van der Waals surface area contributed by atoms with Crippen molar-refractivity contribution >= 4 is 6.29 Å². The van der Waals surface area contributed by atoms with E-state index < -0.39 is 0 Å². The lowest BCUT2D eigenvalue weighted by atomic mass is 10.1. The number of hydrogen-bond donors (Lipinski definition) is 0. The predicted octanol–water partition coefficient (Wildman–Crippen LogP) is 6.81. The number of carbonyl (C=O) groups excluding carboxylic acids is 1. The zero-order chi connectivity index (χ0) is 26.0. The number of para-hydroxylation sites is 1. The summed E-state index contributed by atoms with van der Waals surface area (Å²) in [7, 11) is 3.18. The summed E-state index contributed by atoms with van der Waals surface area (Å²) >= 11 is 0. The lowest BCUT2D eigenvalue weighted by molar-refractivity contribution is 0.112. The summed E-state index contributed by atoms with van der Waals surface area (Å²) < 4.78 is 29.7. The smallest absolute Gasteiger partial charge is 0.204 e. The van der Waals surface area contributed by atoms with Crippen LogP contribution in [0.2, 0.25) is 0 Å². The number of aldehydes is 1. The minimum atomic E-state index is -0.340. The summed E-state index contributed by atoms with van der Waals surface area (Å²) in [4.78, 5) is 10.9. The summed E-state index contributed by atoms with van der Waals surface area (Å²) in [5.41, 5.74) is 3.44. The van der Waals surface area contributed by atoms with Crippen molar-refractivity contribution in [2.45, 2.75) is 26.2 Å². The van der Waals surface area contributed by atoms with Crippen molar-refractivity contribution < 1.29 is 28.5 Å². The van der Waals surface area contributed by atoms with Gasteiger partial charge in [0.25, 0.3) is 0 Å². The van der Waals surface area contributed by atoms with Crippen molar-refractivity contribution in [1.82, 2.24) is 0 Å². The fourth-order valence-corrected chi connectivity index (χ4v) is 3.87. The highest BCUT2D eigenvalue weighted by Gasteiger charge is 2.20. The maximum absolute atomic E-state index is 10.9. The fourth-order valence-electron chi connectivity index (χ4n) is 3.87. The van der Waals surface area contributed by atoms with Gasteiger partial charge >= 0.3 is 0 Å². The standard InChI is InChI=1S/C31H30O6/c1-22(27-11-7-8-12-28(27)36-20-24-9-5-4-6-10-24)37-31-29(33-2)17-25(18-30(31)34-3)21-35-26-15-13-23(19-32)14-16-26/h4-19,22H,20-21H2,1-3H3. The molecule has 0 spiro atoms. The number of methoxy groups -OCH3 is 2. The van der Waals surface area contributed by atoms with E-state index in [1.165, 1.54) is 0 Å². The van der Waals surface area contributed by atoms with E-state index in [-0.39, 0.29) is 6.10 Å². The average molecular weight is 499 g/mol. The largest absolute Gasteiger partial charge is 0.493 e. The highest BCUT2D eigenvalue weighted by atomic mass is 16.5. The van der Waals surface area contributed by atoms with Gasteiger partial charge in [-0.25, -0.2) is 0 Å². The molecular formula is C31H30O6. The van der Waals surface area contributed by atoms with Gasteiger partial charge in [-0.15, -0.1) is 0 Å². The number of carbonyl (C=O) groups is 1.